The molecule has 2 rings (SSSR count). The van der Waals surface area contributed by atoms with E-state index in [0.29, 0.717) is 5.52 Å². The molecule has 2 aromatic heterocycles. The molecule has 0 aliphatic rings. The molecule has 0 fully saturated rings. The van der Waals surface area contributed by atoms with Crippen molar-refractivity contribution in [2.45, 2.75) is 6.92 Å². The zero-order chi connectivity index (χ0) is 16.3. The van der Waals surface area contributed by atoms with E-state index >= 15 is 0 Å². The van der Waals surface area contributed by atoms with Crippen LogP contribution in [0.25, 0.3) is 5.52 Å². The van der Waals surface area contributed by atoms with Gasteiger partial charge in [0.1, 0.15) is 16.8 Å². The van der Waals surface area contributed by atoms with Crippen LogP contribution in [0, 0.1) is 0 Å². The number of esters is 3. The number of hydrogen-bond donors (Lipinski definition) is 0. The second-order valence-electron chi connectivity index (χ2n) is 4.26. The first-order valence-corrected chi connectivity index (χ1v) is 6.53. The molecule has 0 saturated carbocycles. The van der Waals surface area contributed by atoms with E-state index in [4.69, 9.17) is 14.2 Å². The zero-order valence-electron chi connectivity index (χ0n) is 12.4. The zero-order valence-corrected chi connectivity index (χ0v) is 12.4. The number of rotatable bonds is 4. The van der Waals surface area contributed by atoms with Crippen molar-refractivity contribution in [2.24, 2.45) is 0 Å². The van der Waals surface area contributed by atoms with Gasteiger partial charge in [-0.15, -0.1) is 0 Å². The Hall–Kier alpha value is -2.83. The second kappa shape index (κ2) is 6.30. The summed E-state index contributed by atoms with van der Waals surface area (Å²) in [6, 6.07) is 4.94. The van der Waals surface area contributed by atoms with E-state index < -0.39 is 17.9 Å². The Bertz CT molecular complexity index is 746. The second-order valence-corrected chi connectivity index (χ2v) is 4.26. The molecule has 0 spiro atoms. The lowest BCUT2D eigenvalue weighted by molar-refractivity contribution is 0.0494. The van der Waals surface area contributed by atoms with Gasteiger partial charge in [0.15, 0.2) is 0 Å². The highest BCUT2D eigenvalue weighted by atomic mass is 16.5. The summed E-state index contributed by atoms with van der Waals surface area (Å²) in [7, 11) is 2.36. The summed E-state index contributed by atoms with van der Waals surface area (Å²) < 4.78 is 15.8. The molecule has 0 atom stereocenters. The predicted molar refractivity (Wildman–Crippen MR) is 76.0 cm³/mol. The smallest absolute Gasteiger partial charge is 0.356 e. The van der Waals surface area contributed by atoms with Crippen molar-refractivity contribution in [3.8, 4) is 0 Å². The maximum absolute atomic E-state index is 12.2. The number of ether oxygens (including phenoxy) is 3. The summed E-state index contributed by atoms with van der Waals surface area (Å²) in [5.41, 5.74) is 0.0968. The lowest BCUT2D eigenvalue weighted by Gasteiger charge is -2.05. The van der Waals surface area contributed by atoms with E-state index in [0.717, 1.165) is 0 Å². The lowest BCUT2D eigenvalue weighted by Crippen LogP contribution is -2.16. The van der Waals surface area contributed by atoms with Gasteiger partial charge in [0, 0.05) is 6.20 Å². The SMILES string of the molecule is CCOC(=O)c1c(C(=O)OC)c(C(=O)OC)c2ccccn12. The number of fused-ring (bicyclic) bond motifs is 1. The van der Waals surface area contributed by atoms with E-state index in [1.807, 2.05) is 0 Å². The van der Waals surface area contributed by atoms with Crippen LogP contribution in [0.3, 0.4) is 0 Å². The molecule has 7 nitrogen and oxygen atoms in total. The third-order valence-electron chi connectivity index (χ3n) is 3.09. The van der Waals surface area contributed by atoms with Crippen LogP contribution in [0.5, 0.6) is 0 Å². The van der Waals surface area contributed by atoms with Gasteiger partial charge in [-0.1, -0.05) is 6.07 Å². The van der Waals surface area contributed by atoms with Crippen molar-refractivity contribution in [2.75, 3.05) is 20.8 Å². The Morgan fingerprint density at radius 2 is 1.64 bits per heavy atom. The quantitative estimate of drug-likeness (QED) is 0.631. The van der Waals surface area contributed by atoms with Crippen molar-refractivity contribution in [3.63, 3.8) is 0 Å². The highest BCUT2D eigenvalue weighted by molar-refractivity contribution is 6.14. The van der Waals surface area contributed by atoms with Crippen LogP contribution >= 0.6 is 0 Å². The number of aromatic nitrogens is 1. The summed E-state index contributed by atoms with van der Waals surface area (Å²) in [6.07, 6.45) is 1.56. The minimum atomic E-state index is -0.813. The average molecular weight is 305 g/mol. The number of carbonyl (C=O) groups is 3. The fourth-order valence-corrected chi connectivity index (χ4v) is 2.22. The van der Waals surface area contributed by atoms with Gasteiger partial charge < -0.3 is 18.6 Å². The van der Waals surface area contributed by atoms with Crippen LogP contribution in [0.1, 0.15) is 38.1 Å². The van der Waals surface area contributed by atoms with Crippen LogP contribution in [-0.2, 0) is 14.2 Å². The van der Waals surface area contributed by atoms with Crippen LogP contribution in [0.15, 0.2) is 24.4 Å². The molecule has 0 amide bonds. The highest BCUT2D eigenvalue weighted by Crippen LogP contribution is 2.26. The molecule has 0 aliphatic carbocycles. The third-order valence-corrected chi connectivity index (χ3v) is 3.09. The maximum atomic E-state index is 12.2. The average Bonchev–Trinajstić information content (AvgIpc) is 2.88. The summed E-state index contributed by atoms with van der Waals surface area (Å²) in [4.78, 5) is 36.4. The number of carbonyl (C=O) groups excluding carboxylic acids is 3. The molecule has 2 heterocycles. The Morgan fingerprint density at radius 1 is 1.00 bits per heavy atom. The van der Waals surface area contributed by atoms with E-state index in [1.165, 1.54) is 18.6 Å². The van der Waals surface area contributed by atoms with E-state index in [2.05, 4.69) is 0 Å². The number of pyridine rings is 1. The van der Waals surface area contributed by atoms with Gasteiger partial charge >= 0.3 is 17.9 Å². The molecule has 0 radical (unpaired) electrons. The van der Waals surface area contributed by atoms with Crippen LogP contribution in [0.4, 0.5) is 0 Å². The number of hydrogen-bond acceptors (Lipinski definition) is 6. The Labute approximate surface area is 126 Å². The Morgan fingerprint density at radius 3 is 2.23 bits per heavy atom. The van der Waals surface area contributed by atoms with E-state index in [-0.39, 0.29) is 23.4 Å². The van der Waals surface area contributed by atoms with Crippen LogP contribution < -0.4 is 0 Å². The summed E-state index contributed by atoms with van der Waals surface area (Å²) in [6.45, 7) is 1.78. The fraction of sp³-hybridized carbons (Fsp3) is 0.267. The normalized spacial score (nSPS) is 10.3. The van der Waals surface area contributed by atoms with Gasteiger partial charge in [0.2, 0.25) is 0 Å². The summed E-state index contributed by atoms with van der Waals surface area (Å²) in [5, 5.41) is 0. The standard InChI is InChI=1S/C15H15NO6/c1-4-22-15(19)12-11(14(18)21-3)10(13(17)20-2)9-7-5-6-8-16(9)12/h5-8H,4H2,1-3H3. The van der Waals surface area contributed by atoms with Gasteiger partial charge in [-0.05, 0) is 19.1 Å². The van der Waals surface area contributed by atoms with E-state index in [1.54, 1.807) is 31.3 Å². The Balaban J connectivity index is 2.88. The van der Waals surface area contributed by atoms with Gasteiger partial charge in [-0.3, -0.25) is 0 Å². The first-order valence-electron chi connectivity index (χ1n) is 6.53. The molecule has 2 aromatic rings. The molecule has 0 aliphatic heterocycles. The van der Waals surface area contributed by atoms with Crippen molar-refractivity contribution in [1.29, 1.82) is 0 Å². The van der Waals surface area contributed by atoms with Gasteiger partial charge in [0.25, 0.3) is 0 Å². The van der Waals surface area contributed by atoms with Crippen molar-refractivity contribution in [3.05, 3.63) is 41.2 Å². The molecular formula is C15H15NO6. The molecular weight excluding hydrogens is 290 g/mol. The molecule has 0 unspecified atom stereocenters. The van der Waals surface area contributed by atoms with Gasteiger partial charge in [-0.2, -0.15) is 0 Å². The molecule has 22 heavy (non-hydrogen) atoms. The Kier molecular flexibility index (Phi) is 4.45. The van der Waals surface area contributed by atoms with Crippen LogP contribution in [0.2, 0.25) is 0 Å². The van der Waals surface area contributed by atoms with E-state index in [9.17, 15) is 14.4 Å². The third kappa shape index (κ3) is 2.41. The minimum Gasteiger partial charge on any atom is -0.465 e. The first kappa shape index (κ1) is 15.6. The molecule has 7 heteroatoms. The van der Waals surface area contributed by atoms with Crippen molar-refractivity contribution in [1.82, 2.24) is 4.40 Å². The molecule has 116 valence electrons. The summed E-state index contributed by atoms with van der Waals surface area (Å²) in [5.74, 6) is -2.27. The number of methoxy groups -OCH3 is 2. The predicted octanol–water partition coefficient (Wildman–Crippen LogP) is 1.69. The number of nitrogens with zero attached hydrogens (tertiary/aromatic N) is 1. The topological polar surface area (TPSA) is 83.3 Å². The molecule has 0 bridgehead atoms. The lowest BCUT2D eigenvalue weighted by atomic mass is 10.1. The molecule has 0 N–H and O–H groups in total. The summed E-state index contributed by atoms with van der Waals surface area (Å²) >= 11 is 0. The van der Waals surface area contributed by atoms with Gasteiger partial charge in [0.05, 0.1) is 26.3 Å². The van der Waals surface area contributed by atoms with Gasteiger partial charge in [-0.25, -0.2) is 14.4 Å². The minimum absolute atomic E-state index is 0.0296. The largest absolute Gasteiger partial charge is 0.465 e. The monoisotopic (exact) mass is 305 g/mol. The van der Waals surface area contributed by atoms with Crippen LogP contribution in [-0.4, -0.2) is 43.1 Å². The van der Waals surface area contributed by atoms with Crippen molar-refractivity contribution >= 4 is 23.4 Å². The molecule has 0 saturated heterocycles. The highest BCUT2D eigenvalue weighted by Gasteiger charge is 2.33. The maximum Gasteiger partial charge on any atom is 0.356 e. The fourth-order valence-electron chi connectivity index (χ4n) is 2.22. The molecule has 0 aromatic carbocycles. The van der Waals surface area contributed by atoms with Crippen molar-refractivity contribution < 1.29 is 28.6 Å². The first-order chi connectivity index (χ1) is 10.6.